The molecule has 0 saturated carbocycles. The highest BCUT2D eigenvalue weighted by Crippen LogP contribution is 2.16. The number of imidazole rings is 1. The Morgan fingerprint density at radius 3 is 2.64 bits per heavy atom. The van der Waals surface area contributed by atoms with E-state index < -0.39 is 18.1 Å². The maximum atomic E-state index is 10.8. The van der Waals surface area contributed by atoms with Crippen LogP contribution in [0.3, 0.4) is 0 Å². The number of H-pyrrole nitrogens is 1. The lowest BCUT2D eigenvalue weighted by atomic mass is 10.1. The summed E-state index contributed by atoms with van der Waals surface area (Å²) in [5, 5.41) is 18.6. The van der Waals surface area contributed by atoms with Gasteiger partial charge in [-0.15, -0.1) is 0 Å². The molecule has 0 amide bonds. The minimum atomic E-state index is -1.11. The number of hydrogen-bond donors (Lipinski definition) is 3. The largest absolute Gasteiger partial charge is 0.480 e. The number of nitrogens with zero attached hydrogens (tertiary/aromatic N) is 2. The zero-order chi connectivity index (χ0) is 10.7. The molecule has 0 fully saturated rings. The third-order valence-corrected chi connectivity index (χ3v) is 1.95. The predicted octanol–water partition coefficient (Wildman–Crippen LogP) is -0.542. The topological polar surface area (TPSA) is 89.5 Å². The van der Waals surface area contributed by atoms with E-state index in [-0.39, 0.29) is 0 Å². The first-order valence-electron chi connectivity index (χ1n) is 4.09. The zero-order valence-electron chi connectivity index (χ0n) is 8.01. The van der Waals surface area contributed by atoms with Gasteiger partial charge in [-0.1, -0.05) is 0 Å². The number of hydrogen-bond acceptors (Lipinski definition) is 4. The molecule has 1 aromatic rings. The summed E-state index contributed by atoms with van der Waals surface area (Å²) in [7, 11) is 3.19. The molecule has 78 valence electrons. The molecule has 6 heteroatoms. The van der Waals surface area contributed by atoms with Gasteiger partial charge in [-0.3, -0.25) is 9.69 Å². The maximum Gasteiger partial charge on any atom is 0.324 e. The normalized spacial score (nSPS) is 15.4. The van der Waals surface area contributed by atoms with Crippen molar-refractivity contribution in [2.24, 2.45) is 0 Å². The molecule has 0 spiro atoms. The number of aliphatic hydroxyl groups is 1. The van der Waals surface area contributed by atoms with E-state index in [4.69, 9.17) is 5.11 Å². The summed E-state index contributed by atoms with van der Waals surface area (Å²) < 4.78 is 0. The second-order valence-corrected chi connectivity index (χ2v) is 3.20. The summed E-state index contributed by atoms with van der Waals surface area (Å²) in [5.74, 6) is -1.07. The molecule has 0 radical (unpaired) electrons. The molecule has 0 aliphatic carbocycles. The molecular formula is C8H13N3O3. The third-order valence-electron chi connectivity index (χ3n) is 1.95. The molecule has 6 nitrogen and oxygen atoms in total. The second kappa shape index (κ2) is 4.21. The molecular weight excluding hydrogens is 186 g/mol. The minimum Gasteiger partial charge on any atom is -0.480 e. The predicted molar refractivity (Wildman–Crippen MR) is 48.7 cm³/mol. The van der Waals surface area contributed by atoms with Gasteiger partial charge in [-0.05, 0) is 14.1 Å². The van der Waals surface area contributed by atoms with Crippen molar-refractivity contribution >= 4 is 5.97 Å². The fourth-order valence-corrected chi connectivity index (χ4v) is 1.24. The molecule has 1 unspecified atom stereocenters. The first-order valence-corrected chi connectivity index (χ1v) is 4.09. The van der Waals surface area contributed by atoms with Gasteiger partial charge >= 0.3 is 5.97 Å². The van der Waals surface area contributed by atoms with Gasteiger partial charge in [0.25, 0.3) is 0 Å². The van der Waals surface area contributed by atoms with Gasteiger partial charge < -0.3 is 15.2 Å². The van der Waals surface area contributed by atoms with E-state index >= 15 is 0 Å². The van der Waals surface area contributed by atoms with Crippen LogP contribution in [0.2, 0.25) is 0 Å². The van der Waals surface area contributed by atoms with Crippen LogP contribution in [-0.4, -0.2) is 51.2 Å². The second-order valence-electron chi connectivity index (χ2n) is 3.20. The Morgan fingerprint density at radius 2 is 2.29 bits per heavy atom. The molecule has 14 heavy (non-hydrogen) atoms. The highest BCUT2D eigenvalue weighted by Gasteiger charge is 2.30. The van der Waals surface area contributed by atoms with Gasteiger partial charge in [0, 0.05) is 0 Å². The van der Waals surface area contributed by atoms with E-state index in [0.717, 1.165) is 0 Å². The van der Waals surface area contributed by atoms with E-state index in [9.17, 15) is 9.90 Å². The summed E-state index contributed by atoms with van der Waals surface area (Å²) in [4.78, 5) is 18.7. The number of aliphatic carboxylic acids is 1. The van der Waals surface area contributed by atoms with Gasteiger partial charge in [0.15, 0.2) is 0 Å². The highest BCUT2D eigenvalue weighted by molar-refractivity contribution is 5.74. The first kappa shape index (κ1) is 10.7. The Kier molecular flexibility index (Phi) is 3.21. The van der Waals surface area contributed by atoms with E-state index in [1.54, 1.807) is 14.1 Å². The molecule has 0 saturated heterocycles. The Bertz CT molecular complexity index is 297. The van der Waals surface area contributed by atoms with Crippen LogP contribution in [0, 0.1) is 0 Å². The standard InChI is InChI=1S/C8H13N3O3/c1-11(2)6(8(13)14)7(12)5-3-9-4-10-5/h3-4,6-7,12H,1-2H3,(H,9,10)(H,13,14)/t6-,7?/m0/s1. The SMILES string of the molecule is CN(C)[C@H](C(=O)O)C(O)c1cnc[nH]1. The van der Waals surface area contributed by atoms with E-state index in [0.29, 0.717) is 5.69 Å². The van der Waals surface area contributed by atoms with Crippen LogP contribution >= 0.6 is 0 Å². The van der Waals surface area contributed by atoms with Crippen molar-refractivity contribution in [1.82, 2.24) is 14.9 Å². The van der Waals surface area contributed by atoms with E-state index in [1.807, 2.05) is 0 Å². The molecule has 1 rings (SSSR count). The van der Waals surface area contributed by atoms with Crippen molar-refractivity contribution in [2.45, 2.75) is 12.1 Å². The van der Waals surface area contributed by atoms with Crippen LogP contribution in [0.1, 0.15) is 11.8 Å². The Balaban J connectivity index is 2.84. The van der Waals surface area contributed by atoms with E-state index in [1.165, 1.54) is 17.4 Å². The monoisotopic (exact) mass is 199 g/mol. The molecule has 1 aromatic heterocycles. The molecule has 3 N–H and O–H groups in total. The summed E-state index contributed by atoms with van der Waals surface area (Å²) in [6, 6.07) is -0.976. The van der Waals surface area contributed by atoms with Crippen molar-refractivity contribution < 1.29 is 15.0 Å². The summed E-state index contributed by atoms with van der Waals surface area (Å²) in [6.45, 7) is 0. The smallest absolute Gasteiger partial charge is 0.324 e. The quantitative estimate of drug-likeness (QED) is 0.606. The summed E-state index contributed by atoms with van der Waals surface area (Å²) in [6.07, 6.45) is 1.70. The van der Waals surface area contributed by atoms with Crippen molar-refractivity contribution in [3.63, 3.8) is 0 Å². The average molecular weight is 199 g/mol. The third kappa shape index (κ3) is 2.09. The van der Waals surface area contributed by atoms with Gasteiger partial charge in [0.1, 0.15) is 12.1 Å². The van der Waals surface area contributed by atoms with Crippen molar-refractivity contribution in [3.05, 3.63) is 18.2 Å². The summed E-state index contributed by atoms with van der Waals surface area (Å²) >= 11 is 0. The van der Waals surface area contributed by atoms with Crippen LogP contribution in [-0.2, 0) is 4.79 Å². The van der Waals surface area contributed by atoms with Crippen LogP contribution in [0.5, 0.6) is 0 Å². The zero-order valence-corrected chi connectivity index (χ0v) is 8.01. The number of nitrogens with one attached hydrogen (secondary N) is 1. The Hall–Kier alpha value is -1.40. The number of rotatable bonds is 4. The molecule has 0 aliphatic heterocycles. The molecule has 0 aliphatic rings. The lowest BCUT2D eigenvalue weighted by Crippen LogP contribution is -2.40. The fourth-order valence-electron chi connectivity index (χ4n) is 1.24. The number of likely N-dealkylation sites (N-methyl/N-ethyl adjacent to an activating group) is 1. The Labute approximate surface area is 81.2 Å². The number of aliphatic hydroxyl groups excluding tert-OH is 1. The van der Waals surface area contributed by atoms with Gasteiger partial charge in [-0.25, -0.2) is 4.98 Å². The van der Waals surface area contributed by atoms with E-state index in [2.05, 4.69) is 9.97 Å². The van der Waals surface area contributed by atoms with Gasteiger partial charge in [-0.2, -0.15) is 0 Å². The molecule has 0 bridgehead atoms. The maximum absolute atomic E-state index is 10.8. The van der Waals surface area contributed by atoms with Gasteiger partial charge in [0.05, 0.1) is 18.2 Å². The van der Waals surface area contributed by atoms with Crippen molar-refractivity contribution in [2.75, 3.05) is 14.1 Å². The van der Waals surface area contributed by atoms with Crippen LogP contribution in [0.15, 0.2) is 12.5 Å². The van der Waals surface area contributed by atoms with Crippen molar-refractivity contribution in [1.29, 1.82) is 0 Å². The number of aromatic nitrogens is 2. The number of carbonyl (C=O) groups is 1. The van der Waals surface area contributed by atoms with Crippen LogP contribution < -0.4 is 0 Å². The van der Waals surface area contributed by atoms with Gasteiger partial charge in [0.2, 0.25) is 0 Å². The average Bonchev–Trinajstić information content (AvgIpc) is 2.53. The number of carboxylic acid groups (broad SMARTS) is 1. The lowest BCUT2D eigenvalue weighted by Gasteiger charge is -2.24. The van der Waals surface area contributed by atoms with Crippen molar-refractivity contribution in [3.8, 4) is 0 Å². The first-order chi connectivity index (χ1) is 6.54. The molecule has 0 aromatic carbocycles. The molecule has 1 heterocycles. The van der Waals surface area contributed by atoms with Crippen LogP contribution in [0.25, 0.3) is 0 Å². The summed E-state index contributed by atoms with van der Waals surface area (Å²) in [5.41, 5.74) is 0.395. The fraction of sp³-hybridized carbons (Fsp3) is 0.500. The lowest BCUT2D eigenvalue weighted by molar-refractivity contribution is -0.146. The van der Waals surface area contributed by atoms with Crippen LogP contribution in [0.4, 0.5) is 0 Å². The number of carboxylic acids is 1. The Morgan fingerprint density at radius 1 is 1.64 bits per heavy atom. The molecule has 2 atom stereocenters. The number of aromatic amines is 1. The minimum absolute atomic E-state index is 0.395. The highest BCUT2D eigenvalue weighted by atomic mass is 16.4.